The van der Waals surface area contributed by atoms with E-state index in [4.69, 9.17) is 19.9 Å². The lowest BCUT2D eigenvalue weighted by atomic mass is 10.2. The Hall–Kier alpha value is -5.69. The van der Waals surface area contributed by atoms with Crippen LogP contribution in [0.3, 0.4) is 0 Å². The zero-order valence-corrected chi connectivity index (χ0v) is 44.0. The van der Waals surface area contributed by atoms with Crippen molar-refractivity contribution in [3.8, 4) is 0 Å². The number of likely N-dealkylation sites (tertiary alicyclic amines) is 5. The van der Waals surface area contributed by atoms with Gasteiger partial charge in [-0.3, -0.25) is 33.7 Å². The van der Waals surface area contributed by atoms with E-state index in [2.05, 4.69) is 51.0 Å². The van der Waals surface area contributed by atoms with Crippen LogP contribution in [-0.4, -0.2) is 200 Å². The lowest BCUT2D eigenvalue weighted by Crippen LogP contribution is -2.39. The van der Waals surface area contributed by atoms with Gasteiger partial charge >= 0.3 is 5.97 Å². The van der Waals surface area contributed by atoms with Crippen molar-refractivity contribution >= 4 is 41.4 Å². The Labute approximate surface area is 430 Å². The number of nitrogens with two attached hydrogens (primary N) is 1. The zero-order chi connectivity index (χ0) is 53.7. The van der Waals surface area contributed by atoms with Crippen molar-refractivity contribution in [3.63, 3.8) is 0 Å². The number of morpholine rings is 2. The van der Waals surface area contributed by atoms with Crippen LogP contribution in [0.2, 0.25) is 0 Å². The van der Waals surface area contributed by atoms with Gasteiger partial charge < -0.3 is 49.3 Å². The SMILES string of the molecule is C=C(C)C(=O)OCCN1CCOCC1.C=C(C)CN1CCCC1=O.C=C(CN)CN1CCCC1=O.C=CC(=O)N1CCOCC1.C=CCN1CCCC1=O.C=CN1CCCC1=O.C=CN1CCCCCC1=O. The Balaban J connectivity index is 0.000000422. The van der Waals surface area contributed by atoms with Gasteiger partial charge in [0.1, 0.15) is 6.61 Å². The van der Waals surface area contributed by atoms with Gasteiger partial charge in [-0.15, -0.1) is 6.58 Å². The van der Waals surface area contributed by atoms with Crippen LogP contribution in [0.25, 0.3) is 0 Å². The molecule has 6 amide bonds. The first kappa shape index (κ1) is 64.3. The molecule has 18 heteroatoms. The first-order valence-electron chi connectivity index (χ1n) is 25.4. The molecule has 0 aromatic rings. The zero-order valence-electron chi connectivity index (χ0n) is 44.0. The summed E-state index contributed by atoms with van der Waals surface area (Å²) in [6.07, 6.45) is 17.2. The second-order valence-electron chi connectivity index (χ2n) is 17.9. The largest absolute Gasteiger partial charge is 0.461 e. The highest BCUT2D eigenvalue weighted by Crippen LogP contribution is 2.13. The Bertz CT molecular complexity index is 1790. The molecular formula is C54H88N8O10. The molecular weight excluding hydrogens is 921 g/mol. The van der Waals surface area contributed by atoms with Crippen LogP contribution in [0.4, 0.5) is 0 Å². The van der Waals surface area contributed by atoms with Crippen molar-refractivity contribution in [1.82, 2.24) is 34.3 Å². The van der Waals surface area contributed by atoms with E-state index in [1.807, 2.05) is 21.6 Å². The van der Waals surface area contributed by atoms with Gasteiger partial charge in [0.05, 0.1) is 26.4 Å². The van der Waals surface area contributed by atoms with Crippen molar-refractivity contribution in [2.75, 3.05) is 125 Å². The van der Waals surface area contributed by atoms with Crippen molar-refractivity contribution in [2.24, 2.45) is 5.73 Å². The molecule has 2 N–H and O–H groups in total. The normalized spacial score (nSPS) is 18.6. The molecule has 0 aromatic heterocycles. The molecule has 7 saturated heterocycles. The molecule has 18 nitrogen and oxygen atoms in total. The summed E-state index contributed by atoms with van der Waals surface area (Å²) in [6, 6.07) is 0. The number of amides is 6. The lowest BCUT2D eigenvalue weighted by Gasteiger charge is -2.26. The molecule has 7 rings (SSSR count). The second-order valence-corrected chi connectivity index (χ2v) is 17.9. The Morgan fingerprint density at radius 3 is 1.46 bits per heavy atom. The molecule has 0 unspecified atom stereocenters. The Morgan fingerprint density at radius 1 is 0.583 bits per heavy atom. The molecule has 0 bridgehead atoms. The maximum atomic E-state index is 11.1. The predicted molar refractivity (Wildman–Crippen MR) is 283 cm³/mol. The number of hydrogen-bond acceptors (Lipinski definition) is 12. The fourth-order valence-corrected chi connectivity index (χ4v) is 7.64. The molecule has 0 radical (unpaired) electrons. The third-order valence-corrected chi connectivity index (χ3v) is 11.8. The molecule has 0 atom stereocenters. The van der Waals surface area contributed by atoms with Gasteiger partial charge in [-0.05, 0) is 76.4 Å². The molecule has 7 heterocycles. The summed E-state index contributed by atoms with van der Waals surface area (Å²) in [5.41, 5.74) is 7.80. The van der Waals surface area contributed by atoms with Crippen LogP contribution in [-0.2, 0) is 47.8 Å². The van der Waals surface area contributed by atoms with Gasteiger partial charge in [-0.25, -0.2) is 4.79 Å². The number of carbonyl (C=O) groups excluding carboxylic acids is 7. The third kappa shape index (κ3) is 28.4. The smallest absolute Gasteiger partial charge is 0.333 e. The average Bonchev–Trinajstić information content (AvgIpc) is 4.18. The van der Waals surface area contributed by atoms with Gasteiger partial charge in [-0.2, -0.15) is 0 Å². The number of carbonyl (C=O) groups is 7. The molecule has 0 saturated carbocycles. The Morgan fingerprint density at radius 2 is 1.04 bits per heavy atom. The van der Waals surface area contributed by atoms with E-state index in [0.717, 1.165) is 141 Å². The van der Waals surface area contributed by atoms with E-state index in [-0.39, 0.29) is 41.4 Å². The van der Waals surface area contributed by atoms with E-state index >= 15 is 0 Å². The van der Waals surface area contributed by atoms with E-state index < -0.39 is 0 Å². The molecule has 0 spiro atoms. The molecule has 72 heavy (non-hydrogen) atoms. The summed E-state index contributed by atoms with van der Waals surface area (Å²) in [7, 11) is 0. The number of hydrogen-bond donors (Lipinski definition) is 1. The monoisotopic (exact) mass is 1010 g/mol. The minimum atomic E-state index is -0.307. The number of nitrogens with zero attached hydrogens (tertiary/aromatic N) is 7. The lowest BCUT2D eigenvalue weighted by molar-refractivity contribution is -0.139. The average molecular weight is 1010 g/mol. The fraction of sp³-hybridized carbons (Fsp3) is 0.611. The first-order chi connectivity index (χ1) is 34.5. The first-order valence-corrected chi connectivity index (χ1v) is 25.4. The molecule has 7 aliphatic rings. The highest BCUT2D eigenvalue weighted by molar-refractivity contribution is 5.87. The molecule has 0 aliphatic carbocycles. The standard InChI is InChI=1S/C10H17NO3.C8H14N2O.2C8H13NO.C7H11NO2.C7H11NO.C6H9NO/c1-9(2)10(12)14-8-5-11-3-6-13-7-4-11;1-7(5-9)6-10-4-2-3-8(10)11;1-7(2)6-9-5-3-4-8(9)10;1-2-9-7-5-3-4-6-8(9)10;1-2-7(9)8-3-5-10-6-4-8;1-2-5-8-6-3-4-7(8)9;1-2-7-5-3-4-6(7)8/h1,3-8H2,2H3;1-6,9H2;1,3-6H2,2H3;2H,1,3-7H2;2H,1,3-6H2;2H,1,3-6H2;2H,1,3-5H2. The van der Waals surface area contributed by atoms with Crippen LogP contribution in [0.1, 0.15) is 90.9 Å². The second kappa shape index (κ2) is 38.9. The molecule has 7 aliphatic heterocycles. The summed E-state index contributed by atoms with van der Waals surface area (Å²) >= 11 is 0. The van der Waals surface area contributed by atoms with Gasteiger partial charge in [0.25, 0.3) is 0 Å². The summed E-state index contributed by atoms with van der Waals surface area (Å²) in [4.78, 5) is 89.4. The van der Waals surface area contributed by atoms with Gasteiger partial charge in [-0.1, -0.05) is 57.5 Å². The quantitative estimate of drug-likeness (QED) is 0.141. The van der Waals surface area contributed by atoms with Crippen molar-refractivity contribution in [1.29, 1.82) is 0 Å². The van der Waals surface area contributed by atoms with Crippen LogP contribution < -0.4 is 5.73 Å². The Kier molecular flexibility index (Phi) is 34.8. The minimum Gasteiger partial charge on any atom is -0.461 e. The summed E-state index contributed by atoms with van der Waals surface area (Å²) in [6.45, 7) is 43.0. The molecule has 0 aromatic carbocycles. The number of rotatable bonds is 14. The van der Waals surface area contributed by atoms with E-state index in [9.17, 15) is 33.6 Å². The summed E-state index contributed by atoms with van der Waals surface area (Å²) in [5.74, 6) is 0.923. The minimum absolute atomic E-state index is 0.00306. The summed E-state index contributed by atoms with van der Waals surface area (Å²) in [5, 5.41) is 0. The van der Waals surface area contributed by atoms with E-state index in [1.54, 1.807) is 40.1 Å². The maximum absolute atomic E-state index is 11.1. The van der Waals surface area contributed by atoms with Crippen LogP contribution in [0.15, 0.2) is 87.3 Å². The van der Waals surface area contributed by atoms with Gasteiger partial charge in [0.15, 0.2) is 0 Å². The third-order valence-electron chi connectivity index (χ3n) is 11.8. The highest BCUT2D eigenvalue weighted by atomic mass is 16.5. The number of esters is 1. The fourth-order valence-electron chi connectivity index (χ4n) is 7.64. The maximum Gasteiger partial charge on any atom is 0.333 e. The van der Waals surface area contributed by atoms with Gasteiger partial charge in [0.2, 0.25) is 35.4 Å². The topological polar surface area (TPSA) is 196 Å². The molecule has 404 valence electrons. The summed E-state index contributed by atoms with van der Waals surface area (Å²) < 4.78 is 15.3. The van der Waals surface area contributed by atoms with Gasteiger partial charge in [0, 0.05) is 129 Å². The van der Waals surface area contributed by atoms with Crippen LogP contribution >= 0.6 is 0 Å². The van der Waals surface area contributed by atoms with Crippen LogP contribution in [0.5, 0.6) is 0 Å². The van der Waals surface area contributed by atoms with Crippen molar-refractivity contribution in [2.45, 2.75) is 90.9 Å². The van der Waals surface area contributed by atoms with Crippen molar-refractivity contribution < 1.29 is 47.8 Å². The van der Waals surface area contributed by atoms with E-state index in [0.29, 0.717) is 70.8 Å². The van der Waals surface area contributed by atoms with Crippen LogP contribution in [0, 0.1) is 0 Å². The molecule has 7 fully saturated rings. The van der Waals surface area contributed by atoms with Crippen molar-refractivity contribution in [3.05, 3.63) is 87.3 Å². The number of ether oxygens (including phenoxy) is 3. The van der Waals surface area contributed by atoms with E-state index in [1.165, 1.54) is 12.5 Å². The highest BCUT2D eigenvalue weighted by Gasteiger charge is 2.21. The predicted octanol–water partition coefficient (Wildman–Crippen LogP) is 4.86.